The summed E-state index contributed by atoms with van der Waals surface area (Å²) >= 11 is 0. The monoisotopic (exact) mass is 1010 g/mol. The average molecular weight is 1010 g/mol. The largest absolute Gasteiger partial charge is 0.455 e. The Labute approximate surface area is 454 Å². The highest BCUT2D eigenvalue weighted by atomic mass is 16.3. The lowest BCUT2D eigenvalue weighted by Crippen LogP contribution is -1.90. The number of nitriles is 2. The second-order valence-corrected chi connectivity index (χ2v) is 20.2. The first-order valence-electron chi connectivity index (χ1n) is 26.3. The van der Waals surface area contributed by atoms with Crippen LogP contribution in [0.2, 0.25) is 0 Å². The molecule has 3 aromatic heterocycles. The lowest BCUT2D eigenvalue weighted by atomic mass is 9.89. The van der Waals surface area contributed by atoms with Crippen LogP contribution in [-0.2, 0) is 0 Å². The van der Waals surface area contributed by atoms with Crippen molar-refractivity contribution in [3.63, 3.8) is 0 Å². The van der Waals surface area contributed by atoms with Crippen LogP contribution in [0.15, 0.2) is 268 Å². The van der Waals surface area contributed by atoms with E-state index in [1.54, 1.807) is 0 Å². The third-order valence-corrected chi connectivity index (χ3v) is 15.5. The molecule has 0 saturated carbocycles. The third-order valence-electron chi connectivity index (χ3n) is 15.5. The van der Waals surface area contributed by atoms with E-state index in [1.165, 1.54) is 0 Å². The van der Waals surface area contributed by atoms with E-state index in [1.807, 2.05) is 72.8 Å². The molecule has 0 aliphatic rings. The van der Waals surface area contributed by atoms with E-state index in [0.717, 1.165) is 155 Å². The van der Waals surface area contributed by atoms with Crippen LogP contribution >= 0.6 is 0 Å². The summed E-state index contributed by atoms with van der Waals surface area (Å²) in [5.41, 5.74) is 21.9. The van der Waals surface area contributed by atoms with E-state index >= 15 is 0 Å². The molecule has 12 aromatic carbocycles. The van der Waals surface area contributed by atoms with Gasteiger partial charge in [0.15, 0.2) is 0 Å². The standard InChI is InChI=1S/C74H42N2O3/c75-43-45-31-53(41-58(33-45)61-23-11-26-67-64-20-2-5-29-70(64)78-73(61)67)47-13-7-15-49(35-47)55-38-56(40-57(39-55)51-17-9-18-52(37-51)60-22-10-25-66-63-19-1-4-28-69(63)77-72(60)66)50-16-8-14-48(36-50)54-32-46(44-76)34-59(42-54)62-24-12-27-68-65-21-3-6-30-71(65)79-74(62)68/h1-42H. The van der Waals surface area contributed by atoms with Crippen LogP contribution in [0.1, 0.15) is 11.1 Å². The number of hydrogen-bond donors (Lipinski definition) is 0. The van der Waals surface area contributed by atoms with Crippen LogP contribution in [0.3, 0.4) is 0 Å². The molecule has 15 aromatic rings. The molecule has 0 N–H and O–H groups in total. The van der Waals surface area contributed by atoms with Gasteiger partial charge in [-0.05, 0) is 163 Å². The van der Waals surface area contributed by atoms with Crippen molar-refractivity contribution in [1.82, 2.24) is 0 Å². The molecule has 79 heavy (non-hydrogen) atoms. The molecule has 15 rings (SSSR count). The van der Waals surface area contributed by atoms with Crippen LogP contribution in [0.5, 0.6) is 0 Å². The van der Waals surface area contributed by atoms with E-state index in [0.29, 0.717) is 11.1 Å². The van der Waals surface area contributed by atoms with Gasteiger partial charge in [-0.15, -0.1) is 0 Å². The fourth-order valence-corrected chi connectivity index (χ4v) is 11.7. The number of para-hydroxylation sites is 6. The SMILES string of the molecule is N#Cc1cc(-c2cccc(-c3cc(-c4cccc(-c5cc(C#N)cc(-c6cccc7c6oc6ccccc67)c5)c4)cc(-c4cccc(-c5cccc6c5oc5ccccc56)c4)c3)c2)cc(-c2cccc3c2oc2ccccc23)c1. The summed E-state index contributed by atoms with van der Waals surface area (Å²) in [6.45, 7) is 0. The smallest absolute Gasteiger partial charge is 0.143 e. The van der Waals surface area contributed by atoms with Gasteiger partial charge in [0.25, 0.3) is 0 Å². The van der Waals surface area contributed by atoms with Gasteiger partial charge in [0.2, 0.25) is 0 Å². The zero-order valence-corrected chi connectivity index (χ0v) is 42.4. The van der Waals surface area contributed by atoms with E-state index in [-0.39, 0.29) is 0 Å². The lowest BCUT2D eigenvalue weighted by Gasteiger charge is -2.15. The Hall–Kier alpha value is -11.0. The Kier molecular flexibility index (Phi) is 10.6. The maximum Gasteiger partial charge on any atom is 0.143 e. The van der Waals surface area contributed by atoms with Crippen molar-refractivity contribution in [1.29, 1.82) is 10.5 Å². The van der Waals surface area contributed by atoms with Crippen molar-refractivity contribution in [3.8, 4) is 101 Å². The average Bonchev–Trinajstić information content (AvgIpc) is 4.27. The van der Waals surface area contributed by atoms with Crippen LogP contribution in [0, 0.1) is 22.7 Å². The Morgan fingerprint density at radius 2 is 0.468 bits per heavy atom. The minimum atomic E-state index is 0.562. The molecule has 0 spiro atoms. The third kappa shape index (κ3) is 7.85. The molecule has 0 radical (unpaired) electrons. The number of furan rings is 3. The maximum atomic E-state index is 10.4. The quantitative estimate of drug-likeness (QED) is 0.151. The molecule has 0 atom stereocenters. The number of nitrogens with zero attached hydrogens (tertiary/aromatic N) is 2. The van der Waals surface area contributed by atoms with Crippen LogP contribution in [0.25, 0.3) is 155 Å². The zero-order valence-electron chi connectivity index (χ0n) is 42.4. The van der Waals surface area contributed by atoms with Crippen molar-refractivity contribution < 1.29 is 13.3 Å². The van der Waals surface area contributed by atoms with Crippen molar-refractivity contribution in [2.24, 2.45) is 0 Å². The summed E-state index contributed by atoms with van der Waals surface area (Å²) in [5.74, 6) is 0. The molecule has 5 nitrogen and oxygen atoms in total. The van der Waals surface area contributed by atoms with Gasteiger partial charge in [0.05, 0.1) is 23.3 Å². The van der Waals surface area contributed by atoms with Gasteiger partial charge in [-0.3, -0.25) is 0 Å². The Bertz CT molecular complexity index is 4840. The van der Waals surface area contributed by atoms with Gasteiger partial charge in [-0.25, -0.2) is 0 Å². The summed E-state index contributed by atoms with van der Waals surface area (Å²) in [5, 5.41) is 27.3. The summed E-state index contributed by atoms with van der Waals surface area (Å²) in [4.78, 5) is 0. The Morgan fingerprint density at radius 3 is 0.835 bits per heavy atom. The first-order valence-corrected chi connectivity index (χ1v) is 26.3. The number of hydrogen-bond acceptors (Lipinski definition) is 5. The molecule has 366 valence electrons. The van der Waals surface area contributed by atoms with Crippen LogP contribution in [0.4, 0.5) is 0 Å². The highest BCUT2D eigenvalue weighted by Gasteiger charge is 2.19. The van der Waals surface area contributed by atoms with E-state index in [4.69, 9.17) is 13.3 Å². The molecule has 0 amide bonds. The van der Waals surface area contributed by atoms with Crippen molar-refractivity contribution in [3.05, 3.63) is 266 Å². The summed E-state index contributed by atoms with van der Waals surface area (Å²) in [7, 11) is 0. The van der Waals surface area contributed by atoms with Gasteiger partial charge in [0, 0.05) is 49.0 Å². The van der Waals surface area contributed by atoms with Gasteiger partial charge in [0.1, 0.15) is 33.5 Å². The molecule has 0 saturated heterocycles. The predicted octanol–water partition coefficient (Wildman–Crippen LogP) is 20.5. The zero-order chi connectivity index (χ0) is 52.6. The highest BCUT2D eigenvalue weighted by molar-refractivity contribution is 6.12. The van der Waals surface area contributed by atoms with Gasteiger partial charge >= 0.3 is 0 Å². The second kappa shape index (κ2) is 18.4. The van der Waals surface area contributed by atoms with Crippen LogP contribution < -0.4 is 0 Å². The lowest BCUT2D eigenvalue weighted by molar-refractivity contribution is 0.669. The maximum absolute atomic E-state index is 10.4. The highest BCUT2D eigenvalue weighted by Crippen LogP contribution is 2.43. The second-order valence-electron chi connectivity index (χ2n) is 20.2. The normalized spacial score (nSPS) is 11.5. The van der Waals surface area contributed by atoms with Gasteiger partial charge in [-0.1, -0.05) is 164 Å². The molecular formula is C74H42N2O3. The van der Waals surface area contributed by atoms with E-state index < -0.39 is 0 Å². The first kappa shape index (κ1) is 45.4. The first-order chi connectivity index (χ1) is 39.0. The van der Waals surface area contributed by atoms with E-state index in [2.05, 4.69) is 194 Å². The number of benzene rings is 12. The topological polar surface area (TPSA) is 87.0 Å². The fourth-order valence-electron chi connectivity index (χ4n) is 11.7. The van der Waals surface area contributed by atoms with Crippen LogP contribution in [-0.4, -0.2) is 0 Å². The predicted molar refractivity (Wildman–Crippen MR) is 321 cm³/mol. The molecule has 0 bridgehead atoms. The molecule has 0 fully saturated rings. The summed E-state index contributed by atoms with van der Waals surface area (Å²) in [6.07, 6.45) is 0. The van der Waals surface area contributed by atoms with Crippen molar-refractivity contribution in [2.75, 3.05) is 0 Å². The summed E-state index contributed by atoms with van der Waals surface area (Å²) < 4.78 is 19.5. The summed E-state index contributed by atoms with van der Waals surface area (Å²) in [6, 6.07) is 92.9. The Morgan fingerprint density at radius 1 is 0.215 bits per heavy atom. The van der Waals surface area contributed by atoms with Crippen molar-refractivity contribution in [2.45, 2.75) is 0 Å². The molecule has 0 aliphatic carbocycles. The molecule has 0 unspecified atom stereocenters. The Balaban J connectivity index is 0.869. The van der Waals surface area contributed by atoms with Gasteiger partial charge in [-0.2, -0.15) is 10.5 Å². The van der Waals surface area contributed by atoms with Gasteiger partial charge < -0.3 is 13.3 Å². The molecule has 3 heterocycles. The number of rotatable bonds is 8. The molecule has 0 aliphatic heterocycles. The molecule has 5 heteroatoms. The van der Waals surface area contributed by atoms with Crippen molar-refractivity contribution >= 4 is 65.8 Å². The molecular weight excluding hydrogens is 965 g/mol. The minimum Gasteiger partial charge on any atom is -0.455 e. The number of fused-ring (bicyclic) bond motifs is 9. The fraction of sp³-hybridized carbons (Fsp3) is 0. The van der Waals surface area contributed by atoms with E-state index in [9.17, 15) is 10.5 Å². The minimum absolute atomic E-state index is 0.562.